The molecule has 5 nitrogen and oxygen atoms in total. The fraction of sp³-hybridized carbons (Fsp3) is 0.750. The molecule has 0 spiro atoms. The molecule has 1 aromatic heterocycles. The maximum absolute atomic E-state index is 5.39. The van der Waals surface area contributed by atoms with Gasteiger partial charge in [-0.1, -0.05) is 0 Å². The average molecular weight is 236 g/mol. The van der Waals surface area contributed by atoms with Crippen molar-refractivity contribution in [3.63, 3.8) is 0 Å². The summed E-state index contributed by atoms with van der Waals surface area (Å²) in [6.07, 6.45) is 2.86. The fourth-order valence-electron chi connectivity index (χ4n) is 2.87. The summed E-state index contributed by atoms with van der Waals surface area (Å²) < 4.78 is 5.39. The van der Waals surface area contributed by atoms with Gasteiger partial charge in [0.2, 0.25) is 0 Å². The van der Waals surface area contributed by atoms with Crippen molar-refractivity contribution in [2.24, 2.45) is 0 Å². The second-order valence-corrected chi connectivity index (χ2v) is 5.13. The lowest BCUT2D eigenvalue weighted by atomic mass is 9.90. The molecule has 0 unspecified atom stereocenters. The number of fused-ring (bicyclic) bond motifs is 1. The molecule has 0 aromatic carbocycles. The number of aromatic amines is 1. The SMILES string of the molecule is C[C@]1(CN2CCOCC2)NCCc2[nH]cnc21. The number of H-pyrrole nitrogens is 1. The Balaban J connectivity index is 1.77. The average Bonchev–Trinajstić information content (AvgIpc) is 2.80. The second kappa shape index (κ2) is 4.40. The third-order valence-electron chi connectivity index (χ3n) is 3.77. The van der Waals surface area contributed by atoms with E-state index < -0.39 is 0 Å². The van der Waals surface area contributed by atoms with E-state index in [1.54, 1.807) is 0 Å². The molecule has 0 radical (unpaired) electrons. The Kier molecular flexibility index (Phi) is 2.90. The third kappa shape index (κ3) is 2.10. The van der Waals surface area contributed by atoms with Crippen LogP contribution in [0.2, 0.25) is 0 Å². The van der Waals surface area contributed by atoms with Gasteiger partial charge in [0.15, 0.2) is 0 Å². The highest BCUT2D eigenvalue weighted by molar-refractivity contribution is 5.24. The van der Waals surface area contributed by atoms with Crippen LogP contribution in [0.25, 0.3) is 0 Å². The van der Waals surface area contributed by atoms with Gasteiger partial charge in [0.25, 0.3) is 0 Å². The molecule has 3 rings (SSSR count). The van der Waals surface area contributed by atoms with Gasteiger partial charge in [-0.05, 0) is 6.92 Å². The van der Waals surface area contributed by atoms with E-state index in [0.717, 1.165) is 45.8 Å². The molecule has 1 saturated heterocycles. The largest absolute Gasteiger partial charge is 0.379 e. The van der Waals surface area contributed by atoms with E-state index in [1.807, 2.05) is 6.33 Å². The summed E-state index contributed by atoms with van der Waals surface area (Å²) in [5, 5.41) is 3.62. The molecular formula is C12H20N4O. The molecule has 0 saturated carbocycles. The van der Waals surface area contributed by atoms with Crippen LogP contribution < -0.4 is 5.32 Å². The van der Waals surface area contributed by atoms with Crippen LogP contribution in [-0.4, -0.2) is 54.3 Å². The highest BCUT2D eigenvalue weighted by Crippen LogP contribution is 2.26. The monoisotopic (exact) mass is 236 g/mol. The number of morpholine rings is 1. The first kappa shape index (κ1) is 11.2. The Morgan fingerprint density at radius 3 is 3.12 bits per heavy atom. The molecule has 1 atom stereocenters. The van der Waals surface area contributed by atoms with E-state index in [1.165, 1.54) is 11.4 Å². The minimum absolute atomic E-state index is 0.0229. The summed E-state index contributed by atoms with van der Waals surface area (Å²) in [7, 11) is 0. The first-order valence-corrected chi connectivity index (χ1v) is 6.36. The second-order valence-electron chi connectivity index (χ2n) is 5.13. The molecule has 17 heavy (non-hydrogen) atoms. The molecule has 2 N–H and O–H groups in total. The summed E-state index contributed by atoms with van der Waals surface area (Å²) in [5.74, 6) is 0. The van der Waals surface area contributed by atoms with Crippen molar-refractivity contribution in [1.29, 1.82) is 0 Å². The van der Waals surface area contributed by atoms with Gasteiger partial charge in [-0.3, -0.25) is 4.90 Å². The normalized spacial score (nSPS) is 30.2. The molecular weight excluding hydrogens is 216 g/mol. The zero-order valence-corrected chi connectivity index (χ0v) is 10.3. The topological polar surface area (TPSA) is 53.2 Å². The van der Waals surface area contributed by atoms with Gasteiger partial charge in [-0.25, -0.2) is 4.98 Å². The Bertz CT molecular complexity index is 386. The number of ether oxygens (including phenoxy) is 1. The maximum Gasteiger partial charge on any atom is 0.0926 e. The Morgan fingerprint density at radius 2 is 2.29 bits per heavy atom. The van der Waals surface area contributed by atoms with Crippen molar-refractivity contribution >= 4 is 0 Å². The Labute approximate surface area is 102 Å². The predicted molar refractivity (Wildman–Crippen MR) is 64.9 cm³/mol. The van der Waals surface area contributed by atoms with Crippen LogP contribution in [0.3, 0.4) is 0 Å². The Hall–Kier alpha value is -0.910. The van der Waals surface area contributed by atoms with Crippen molar-refractivity contribution in [2.45, 2.75) is 18.9 Å². The van der Waals surface area contributed by atoms with Crippen LogP contribution in [0.5, 0.6) is 0 Å². The minimum Gasteiger partial charge on any atom is -0.379 e. The molecule has 0 aliphatic carbocycles. The summed E-state index contributed by atoms with van der Waals surface area (Å²) in [5.41, 5.74) is 2.46. The minimum atomic E-state index is -0.0229. The lowest BCUT2D eigenvalue weighted by Crippen LogP contribution is -2.54. The predicted octanol–water partition coefficient (Wildman–Crippen LogP) is 0.103. The zero-order chi connectivity index (χ0) is 11.7. The summed E-state index contributed by atoms with van der Waals surface area (Å²) >= 11 is 0. The van der Waals surface area contributed by atoms with Gasteiger partial charge in [0, 0.05) is 38.3 Å². The van der Waals surface area contributed by atoms with Crippen LogP contribution >= 0.6 is 0 Å². The first-order chi connectivity index (χ1) is 8.28. The van der Waals surface area contributed by atoms with E-state index >= 15 is 0 Å². The van der Waals surface area contributed by atoms with Gasteiger partial charge < -0.3 is 15.0 Å². The third-order valence-corrected chi connectivity index (χ3v) is 3.77. The van der Waals surface area contributed by atoms with Crippen molar-refractivity contribution < 1.29 is 4.74 Å². The summed E-state index contributed by atoms with van der Waals surface area (Å²) in [6.45, 7) is 8.03. The molecule has 0 bridgehead atoms. The van der Waals surface area contributed by atoms with Crippen LogP contribution in [0, 0.1) is 0 Å². The number of nitrogens with zero attached hydrogens (tertiary/aromatic N) is 2. The van der Waals surface area contributed by atoms with Crippen LogP contribution in [0.4, 0.5) is 0 Å². The van der Waals surface area contributed by atoms with Crippen molar-refractivity contribution in [3.05, 3.63) is 17.7 Å². The quantitative estimate of drug-likeness (QED) is 0.765. The lowest BCUT2D eigenvalue weighted by Gasteiger charge is -2.39. The molecule has 2 aliphatic heterocycles. The maximum atomic E-state index is 5.39. The molecule has 2 aliphatic rings. The van der Waals surface area contributed by atoms with Gasteiger partial charge in [-0.2, -0.15) is 0 Å². The van der Waals surface area contributed by atoms with Gasteiger partial charge in [-0.15, -0.1) is 0 Å². The number of nitrogens with one attached hydrogen (secondary N) is 2. The van der Waals surface area contributed by atoms with Crippen molar-refractivity contribution in [3.8, 4) is 0 Å². The number of hydrogen-bond donors (Lipinski definition) is 2. The lowest BCUT2D eigenvalue weighted by molar-refractivity contribution is 0.0236. The first-order valence-electron chi connectivity index (χ1n) is 6.36. The molecule has 94 valence electrons. The van der Waals surface area contributed by atoms with Gasteiger partial charge in [0.1, 0.15) is 0 Å². The molecule has 3 heterocycles. The molecule has 0 amide bonds. The van der Waals surface area contributed by atoms with Crippen molar-refractivity contribution in [1.82, 2.24) is 20.2 Å². The molecule has 1 aromatic rings. The fourth-order valence-corrected chi connectivity index (χ4v) is 2.87. The van der Waals surface area contributed by atoms with E-state index in [0.29, 0.717) is 0 Å². The Morgan fingerprint density at radius 1 is 1.47 bits per heavy atom. The molecule has 5 heteroatoms. The highest BCUT2D eigenvalue weighted by atomic mass is 16.5. The standard InChI is InChI=1S/C12H20N4O/c1-12(8-16-4-6-17-7-5-16)11-10(2-3-15-12)13-9-14-11/h9,15H,2-8H2,1H3,(H,13,14)/t12-/m1/s1. The molecule has 1 fully saturated rings. The number of hydrogen-bond acceptors (Lipinski definition) is 4. The van der Waals surface area contributed by atoms with Crippen LogP contribution in [0.1, 0.15) is 18.3 Å². The highest BCUT2D eigenvalue weighted by Gasteiger charge is 2.35. The van der Waals surface area contributed by atoms with E-state index in [-0.39, 0.29) is 5.54 Å². The van der Waals surface area contributed by atoms with E-state index in [4.69, 9.17) is 4.74 Å². The van der Waals surface area contributed by atoms with E-state index in [2.05, 4.69) is 27.1 Å². The number of aromatic nitrogens is 2. The number of rotatable bonds is 2. The zero-order valence-electron chi connectivity index (χ0n) is 10.3. The summed E-state index contributed by atoms with van der Waals surface area (Å²) in [6, 6.07) is 0. The van der Waals surface area contributed by atoms with E-state index in [9.17, 15) is 0 Å². The number of imidazole rings is 1. The van der Waals surface area contributed by atoms with Gasteiger partial charge >= 0.3 is 0 Å². The van der Waals surface area contributed by atoms with Crippen LogP contribution in [0.15, 0.2) is 6.33 Å². The van der Waals surface area contributed by atoms with Crippen LogP contribution in [-0.2, 0) is 16.7 Å². The van der Waals surface area contributed by atoms with Gasteiger partial charge in [0.05, 0.1) is 30.8 Å². The van der Waals surface area contributed by atoms with Crippen molar-refractivity contribution in [2.75, 3.05) is 39.4 Å². The summed E-state index contributed by atoms with van der Waals surface area (Å²) in [4.78, 5) is 10.2. The smallest absolute Gasteiger partial charge is 0.0926 e.